The first-order valence-electron chi connectivity index (χ1n) is 13.6. The number of allylic oxidation sites excluding steroid dienone is 2. The van der Waals surface area contributed by atoms with Gasteiger partial charge in [0.1, 0.15) is 0 Å². The summed E-state index contributed by atoms with van der Waals surface area (Å²) in [7, 11) is 0. The van der Waals surface area contributed by atoms with Crippen molar-refractivity contribution in [2.45, 2.75) is 12.8 Å². The Morgan fingerprint density at radius 1 is 0.368 bits per heavy atom. The van der Waals surface area contributed by atoms with Crippen LogP contribution in [-0.4, -0.2) is 0 Å². The van der Waals surface area contributed by atoms with E-state index in [4.69, 9.17) is 0 Å². The fourth-order valence-corrected chi connectivity index (χ4v) is 7.02. The van der Waals surface area contributed by atoms with Crippen LogP contribution in [0, 0.1) is 0 Å². The molecule has 0 atom stereocenters. The molecular formula is C38H24. The van der Waals surface area contributed by atoms with Gasteiger partial charge in [0, 0.05) is 0 Å². The highest BCUT2D eigenvalue weighted by Crippen LogP contribution is 2.36. The Labute approximate surface area is 220 Å². The lowest BCUT2D eigenvalue weighted by Gasteiger charge is -2.15. The Kier molecular flexibility index (Phi) is 3.99. The second kappa shape index (κ2) is 7.43. The Morgan fingerprint density at radius 3 is 1.47 bits per heavy atom. The lowest BCUT2D eigenvalue weighted by Crippen LogP contribution is -2.10. The lowest BCUT2D eigenvalue weighted by molar-refractivity contribution is 1.45. The molecule has 0 heteroatoms. The molecule has 0 aliphatic heterocycles. The van der Waals surface area contributed by atoms with E-state index in [-0.39, 0.29) is 0 Å². The van der Waals surface area contributed by atoms with Crippen molar-refractivity contribution < 1.29 is 0 Å². The normalized spacial score (nSPS) is 14.3. The molecule has 7 aromatic carbocycles. The Morgan fingerprint density at radius 2 is 0.816 bits per heavy atom. The average molecular weight is 481 g/mol. The maximum Gasteiger partial charge on any atom is -0.00926 e. The van der Waals surface area contributed by atoms with Crippen molar-refractivity contribution in [1.29, 1.82) is 0 Å². The van der Waals surface area contributed by atoms with Crippen molar-refractivity contribution >= 4 is 88.9 Å². The minimum atomic E-state index is 0.992. The van der Waals surface area contributed by atoms with Gasteiger partial charge >= 0.3 is 0 Å². The molecule has 0 bridgehead atoms. The number of hydrogen-bond acceptors (Lipinski definition) is 0. The molecule has 0 unspecified atom stereocenters. The number of rotatable bonds is 0. The van der Waals surface area contributed by atoms with Crippen molar-refractivity contribution in [3.05, 3.63) is 119 Å². The van der Waals surface area contributed by atoms with Crippen molar-refractivity contribution in [2.75, 3.05) is 0 Å². The highest BCUT2D eigenvalue weighted by molar-refractivity contribution is 6.19. The zero-order valence-corrected chi connectivity index (χ0v) is 21.0. The molecule has 9 rings (SSSR count). The maximum absolute atomic E-state index is 2.43. The van der Waals surface area contributed by atoms with E-state index in [1.807, 2.05) is 0 Å². The van der Waals surface area contributed by atoms with Gasteiger partial charge in [-0.3, -0.25) is 0 Å². The number of hydrogen-bond donors (Lipinski definition) is 0. The summed E-state index contributed by atoms with van der Waals surface area (Å²) in [4.78, 5) is 0. The van der Waals surface area contributed by atoms with E-state index >= 15 is 0 Å². The monoisotopic (exact) mass is 480 g/mol. The van der Waals surface area contributed by atoms with Gasteiger partial charge in [-0.15, -0.1) is 0 Å². The van der Waals surface area contributed by atoms with Crippen LogP contribution < -0.4 is 10.4 Å². The van der Waals surface area contributed by atoms with Crippen molar-refractivity contribution in [3.63, 3.8) is 0 Å². The summed E-state index contributed by atoms with van der Waals surface area (Å²) in [5.74, 6) is 0. The average Bonchev–Trinajstić information content (AvgIpc) is 2.99. The van der Waals surface area contributed by atoms with Crippen LogP contribution >= 0.6 is 0 Å². The lowest BCUT2D eigenvalue weighted by atomic mass is 9.88. The molecule has 176 valence electrons. The second-order valence-electron chi connectivity index (χ2n) is 10.8. The third kappa shape index (κ3) is 2.70. The van der Waals surface area contributed by atoms with Crippen LogP contribution in [0.4, 0.5) is 0 Å². The zero-order valence-electron chi connectivity index (χ0n) is 21.0. The van der Waals surface area contributed by atoms with Crippen molar-refractivity contribution in [3.8, 4) is 0 Å². The molecule has 0 saturated carbocycles. The summed E-state index contributed by atoms with van der Waals surface area (Å²) < 4.78 is 0. The predicted octanol–water partition coefficient (Wildman–Crippen LogP) is 9.00. The minimum absolute atomic E-state index is 0.992. The van der Waals surface area contributed by atoms with Gasteiger partial charge < -0.3 is 0 Å². The third-order valence-electron chi connectivity index (χ3n) is 8.73. The summed E-state index contributed by atoms with van der Waals surface area (Å²) >= 11 is 0. The van der Waals surface area contributed by atoms with E-state index in [0.717, 1.165) is 12.8 Å². The molecule has 2 aliphatic carbocycles. The van der Waals surface area contributed by atoms with E-state index < -0.39 is 0 Å². The number of benzene rings is 7. The van der Waals surface area contributed by atoms with E-state index in [0.29, 0.717) is 0 Å². The molecule has 0 N–H and O–H groups in total. The van der Waals surface area contributed by atoms with Gasteiger partial charge in [0.2, 0.25) is 0 Å². The van der Waals surface area contributed by atoms with Crippen LogP contribution in [0.2, 0.25) is 0 Å². The van der Waals surface area contributed by atoms with E-state index in [1.54, 1.807) is 0 Å². The predicted molar refractivity (Wildman–Crippen MR) is 167 cm³/mol. The van der Waals surface area contributed by atoms with Gasteiger partial charge in [0.25, 0.3) is 0 Å². The molecule has 0 saturated heterocycles. The van der Waals surface area contributed by atoms with Gasteiger partial charge in [-0.25, -0.2) is 0 Å². The summed E-state index contributed by atoms with van der Waals surface area (Å²) in [5.41, 5.74) is 2.71. The van der Waals surface area contributed by atoms with E-state index in [1.165, 1.54) is 86.2 Å². The van der Waals surface area contributed by atoms with E-state index in [2.05, 4.69) is 121 Å². The van der Waals surface area contributed by atoms with Gasteiger partial charge in [-0.05, 0) is 135 Å². The molecule has 38 heavy (non-hydrogen) atoms. The first-order valence-corrected chi connectivity index (χ1v) is 13.6. The summed E-state index contributed by atoms with van der Waals surface area (Å²) in [5, 5.41) is 18.7. The van der Waals surface area contributed by atoms with E-state index in [9.17, 15) is 0 Å². The highest BCUT2D eigenvalue weighted by atomic mass is 14.2. The molecule has 0 fully saturated rings. The minimum Gasteiger partial charge on any atom is -0.0801 e. The van der Waals surface area contributed by atoms with Gasteiger partial charge in [-0.1, -0.05) is 85.0 Å². The Balaban J connectivity index is 1.44. The van der Waals surface area contributed by atoms with Crippen LogP contribution in [0.1, 0.15) is 24.0 Å². The maximum atomic E-state index is 2.43. The van der Waals surface area contributed by atoms with Crippen LogP contribution in [0.3, 0.4) is 0 Å². The summed E-state index contributed by atoms with van der Waals surface area (Å²) in [6.07, 6.45) is 16.0. The Bertz CT molecular complexity index is 2380. The first kappa shape index (κ1) is 20.4. The number of fused-ring (bicyclic) bond motifs is 14. The highest BCUT2D eigenvalue weighted by Gasteiger charge is 2.14. The zero-order chi connectivity index (χ0) is 24.8. The van der Waals surface area contributed by atoms with Crippen LogP contribution in [0.5, 0.6) is 0 Å². The molecule has 0 heterocycles. The van der Waals surface area contributed by atoms with Crippen LogP contribution in [-0.2, 0) is 0 Å². The first-order chi connectivity index (χ1) is 18.8. The van der Waals surface area contributed by atoms with Crippen LogP contribution in [0.25, 0.3) is 88.9 Å². The SMILES string of the molecule is C1=Cc2c(c3ccccc3c3cc4cc5cc6c(cc5cc4cc23)c2c(c3ccccc36)C=CCC=2)=CC1. The van der Waals surface area contributed by atoms with Crippen LogP contribution in [0.15, 0.2) is 97.1 Å². The topological polar surface area (TPSA) is 0 Å². The van der Waals surface area contributed by atoms with Gasteiger partial charge in [0.15, 0.2) is 0 Å². The van der Waals surface area contributed by atoms with Gasteiger partial charge in [-0.2, -0.15) is 0 Å². The largest absolute Gasteiger partial charge is 0.0801 e. The van der Waals surface area contributed by atoms with Crippen molar-refractivity contribution in [1.82, 2.24) is 0 Å². The standard InChI is InChI=1S/C38H24/c1-5-13-31-27(9-1)28-10-2-6-14-32(28)36-20-24-18-26-22-38-34-16-8-4-12-30(34)29-11-3-7-15-33(29)37(38)21-25(26)17-23(24)19-35(31)36/h1-3,5,7-22H,4,6H2. The molecule has 0 nitrogen and oxygen atoms in total. The molecule has 0 spiro atoms. The fourth-order valence-electron chi connectivity index (χ4n) is 7.02. The molecule has 0 aromatic heterocycles. The molecule has 7 aromatic rings. The summed E-state index contributed by atoms with van der Waals surface area (Å²) in [6.45, 7) is 0. The molecule has 0 amide bonds. The molecule has 2 aliphatic rings. The molecular weight excluding hydrogens is 456 g/mol. The quantitative estimate of drug-likeness (QED) is 0.150. The summed E-state index contributed by atoms with van der Waals surface area (Å²) in [6, 6.07) is 32.3. The molecule has 0 radical (unpaired) electrons. The van der Waals surface area contributed by atoms with Gasteiger partial charge in [0.05, 0.1) is 0 Å². The third-order valence-corrected chi connectivity index (χ3v) is 8.73. The fraction of sp³-hybridized carbons (Fsp3) is 0.0526. The second-order valence-corrected chi connectivity index (χ2v) is 10.8. The van der Waals surface area contributed by atoms with Crippen molar-refractivity contribution in [2.24, 2.45) is 0 Å². The smallest absolute Gasteiger partial charge is 0.00926 e. The Hall–Kier alpha value is -4.68.